The fourth-order valence-electron chi connectivity index (χ4n) is 6.36. The maximum atomic E-state index is 3.53. The first-order chi connectivity index (χ1) is 23.0. The van der Waals surface area contributed by atoms with Gasteiger partial charge in [0.2, 0.25) is 0 Å². The van der Waals surface area contributed by atoms with Gasteiger partial charge in [-0.3, -0.25) is 6.08 Å². The summed E-state index contributed by atoms with van der Waals surface area (Å²) in [6.07, 6.45) is 11.0. The topological polar surface area (TPSA) is 0 Å². The number of halogens is 2. The summed E-state index contributed by atoms with van der Waals surface area (Å²) in [6.45, 7) is 13.6. The molecule has 0 unspecified atom stereocenters. The number of hydrogen-bond donors (Lipinski definition) is 0. The molecule has 6 aromatic rings. The Morgan fingerprint density at radius 3 is 1.66 bits per heavy atom. The van der Waals surface area contributed by atoms with E-state index in [0.717, 1.165) is 36.7 Å². The molecule has 0 saturated carbocycles. The molecule has 0 nitrogen and oxygen atoms in total. The number of benzene rings is 6. The van der Waals surface area contributed by atoms with Crippen molar-refractivity contribution in [3.63, 3.8) is 0 Å². The summed E-state index contributed by atoms with van der Waals surface area (Å²) in [4.78, 5) is 0. The summed E-state index contributed by atoms with van der Waals surface area (Å²) in [7, 11) is 0. The Kier molecular flexibility index (Phi) is 13.2. The number of rotatable bonds is 2. The summed E-state index contributed by atoms with van der Waals surface area (Å²) in [5.41, 5.74) is 11.5. The molecule has 0 amide bonds. The second-order valence-electron chi connectivity index (χ2n) is 14.8. The molecular weight excluding hydrogens is 814 g/mol. The number of allylic oxidation sites excluding steroid dienone is 4. The Labute approximate surface area is 326 Å². The molecule has 252 valence electrons. The fourth-order valence-corrected chi connectivity index (χ4v) is 7.92. The van der Waals surface area contributed by atoms with Crippen molar-refractivity contribution in [1.82, 2.24) is 0 Å². The second kappa shape index (κ2) is 16.8. The van der Waals surface area contributed by atoms with Gasteiger partial charge < -0.3 is 0 Å². The quantitative estimate of drug-likeness (QED) is 0.120. The Morgan fingerprint density at radius 2 is 1.16 bits per heavy atom. The molecule has 0 radical (unpaired) electrons. The molecule has 0 heterocycles. The SMILES string of the molecule is CC(C)(C)c1c[c-]c2c(c1)-c1cc(C(C)(C)C)ccc1C2.Cl.Cl.[C-]1=CC=CC1.[Hf+2]=[C](c1cccc2ccccc12)c1cccc2ccccc12. The van der Waals surface area contributed by atoms with Crippen molar-refractivity contribution in [3.05, 3.63) is 179 Å². The van der Waals surface area contributed by atoms with Crippen molar-refractivity contribution in [3.8, 4) is 11.1 Å². The Balaban J connectivity index is 0.000000190. The van der Waals surface area contributed by atoms with Gasteiger partial charge in [-0.25, -0.2) is 12.2 Å². The molecule has 8 rings (SSSR count). The van der Waals surface area contributed by atoms with Gasteiger partial charge in [-0.05, 0) is 17.4 Å². The fraction of sp³-hybridized carbons (Fsp3) is 0.213. The Hall–Kier alpha value is -3.36. The first-order valence-electron chi connectivity index (χ1n) is 17.0. The van der Waals surface area contributed by atoms with E-state index in [-0.39, 0.29) is 35.6 Å². The third-order valence-corrected chi connectivity index (χ3v) is 11.2. The zero-order chi connectivity index (χ0) is 33.9. The molecule has 3 heteroatoms. The molecule has 0 N–H and O–H groups in total. The average molecular weight is 860 g/mol. The predicted molar refractivity (Wildman–Crippen MR) is 218 cm³/mol. The van der Waals surface area contributed by atoms with E-state index in [4.69, 9.17) is 0 Å². The maximum absolute atomic E-state index is 3.53. The van der Waals surface area contributed by atoms with Gasteiger partial charge in [-0.15, -0.1) is 36.8 Å². The van der Waals surface area contributed by atoms with Crippen molar-refractivity contribution in [2.45, 2.75) is 65.2 Å². The molecule has 2 aliphatic carbocycles. The molecule has 2 aliphatic rings. The van der Waals surface area contributed by atoms with E-state index in [0.29, 0.717) is 0 Å². The van der Waals surface area contributed by atoms with E-state index in [2.05, 4.69) is 175 Å². The van der Waals surface area contributed by atoms with Gasteiger partial charge >= 0.3 is 145 Å². The molecule has 0 spiro atoms. The molecule has 0 bridgehead atoms. The number of fused-ring (bicyclic) bond motifs is 5. The molecule has 0 saturated heterocycles. The summed E-state index contributed by atoms with van der Waals surface area (Å²) in [6, 6.07) is 45.6. The zero-order valence-electron chi connectivity index (χ0n) is 29.9. The molecule has 0 fully saturated rings. The first-order valence-corrected chi connectivity index (χ1v) is 18.8. The van der Waals surface area contributed by atoms with Crippen LogP contribution in [0.1, 0.15) is 81.3 Å². The van der Waals surface area contributed by atoms with E-state index in [9.17, 15) is 0 Å². The molecule has 6 aromatic carbocycles. The van der Waals surface area contributed by atoms with Gasteiger partial charge in [0.15, 0.2) is 0 Å². The third-order valence-electron chi connectivity index (χ3n) is 9.23. The van der Waals surface area contributed by atoms with Crippen LogP contribution >= 0.6 is 24.8 Å². The number of hydrogen-bond acceptors (Lipinski definition) is 0. The normalized spacial score (nSPS) is 12.5. The predicted octanol–water partition coefficient (Wildman–Crippen LogP) is 12.9. The van der Waals surface area contributed by atoms with Gasteiger partial charge in [0.05, 0.1) is 0 Å². The van der Waals surface area contributed by atoms with E-state index in [1.165, 1.54) is 69.3 Å². The van der Waals surface area contributed by atoms with Crippen LogP contribution in [0.2, 0.25) is 0 Å². The van der Waals surface area contributed by atoms with Crippen LogP contribution in [-0.4, -0.2) is 3.26 Å². The Bertz CT molecular complexity index is 2010. The van der Waals surface area contributed by atoms with Crippen molar-refractivity contribution in [1.29, 1.82) is 0 Å². The molecule has 0 aliphatic heterocycles. The van der Waals surface area contributed by atoms with Crippen molar-refractivity contribution in [2.24, 2.45) is 0 Å². The molecule has 0 aromatic heterocycles. The summed E-state index contributed by atoms with van der Waals surface area (Å²) in [5, 5.41) is 5.33. The van der Waals surface area contributed by atoms with Gasteiger partial charge in [0, 0.05) is 0 Å². The van der Waals surface area contributed by atoms with Crippen LogP contribution in [0.3, 0.4) is 0 Å². The van der Waals surface area contributed by atoms with Crippen molar-refractivity contribution in [2.75, 3.05) is 0 Å². The zero-order valence-corrected chi connectivity index (χ0v) is 35.2. The van der Waals surface area contributed by atoms with Crippen molar-refractivity contribution >= 4 is 49.6 Å². The summed E-state index contributed by atoms with van der Waals surface area (Å²) >= 11 is 1.02. The molecule has 0 atom stereocenters. The van der Waals surface area contributed by atoms with E-state index in [1.807, 2.05) is 12.2 Å². The van der Waals surface area contributed by atoms with E-state index in [1.54, 1.807) is 0 Å². The van der Waals surface area contributed by atoms with Crippen LogP contribution in [-0.2, 0) is 41.1 Å². The first kappa shape index (κ1) is 39.4. The van der Waals surface area contributed by atoms with Gasteiger partial charge in [0.1, 0.15) is 0 Å². The summed E-state index contributed by atoms with van der Waals surface area (Å²) in [5.74, 6) is 0. The standard InChI is InChI=1S/C21H14.C21H25.C5H5.2ClH.Hf/c1-3-13-20-16(7-1)9-5-11-18(20)15-19-12-6-10-17-8-2-4-14-21(17)19;1-20(2,3)16-9-7-14-11-15-8-10-17(21(4,5)6)13-19(15)18(14)12-16;1-2-4-5-3-1;;;/h1-14H;7,9-10,12-13H,11H2,1-6H3;1-3H,4H2;2*1H;/q;2*-1;;;+2. The Morgan fingerprint density at radius 1 is 0.620 bits per heavy atom. The van der Waals surface area contributed by atoms with Crippen molar-refractivity contribution < 1.29 is 23.9 Å². The van der Waals surface area contributed by atoms with Crippen LogP contribution in [0.25, 0.3) is 32.7 Å². The molecule has 50 heavy (non-hydrogen) atoms. The van der Waals surface area contributed by atoms with Crippen LogP contribution in [0.15, 0.2) is 133 Å². The average Bonchev–Trinajstić information content (AvgIpc) is 3.79. The second-order valence-corrected chi connectivity index (χ2v) is 16.6. The van der Waals surface area contributed by atoms with Gasteiger partial charge in [0.25, 0.3) is 0 Å². The monoisotopic (exact) mass is 860 g/mol. The van der Waals surface area contributed by atoms with E-state index >= 15 is 0 Å². The minimum absolute atomic E-state index is 0. The van der Waals surface area contributed by atoms with Crippen LogP contribution in [0.5, 0.6) is 0 Å². The molecular formula is C47H46Cl2Hf. The van der Waals surface area contributed by atoms with Crippen LogP contribution < -0.4 is 0 Å². The third kappa shape index (κ3) is 8.92. The minimum atomic E-state index is 0. The van der Waals surface area contributed by atoms with Gasteiger partial charge in [-0.2, -0.15) is 35.4 Å². The summed E-state index contributed by atoms with van der Waals surface area (Å²) < 4.78 is 1.47. The van der Waals surface area contributed by atoms with Crippen LogP contribution in [0.4, 0.5) is 0 Å². The van der Waals surface area contributed by atoms with Gasteiger partial charge in [-0.1, -0.05) is 76.3 Å². The van der Waals surface area contributed by atoms with Crippen LogP contribution in [0, 0.1) is 12.1 Å². The van der Waals surface area contributed by atoms with E-state index < -0.39 is 0 Å².